The minimum atomic E-state index is 0.459. The number of nitrogen functional groups attached to an aromatic ring is 1. The summed E-state index contributed by atoms with van der Waals surface area (Å²) < 4.78 is 0. The van der Waals surface area contributed by atoms with Crippen LogP contribution >= 0.6 is 11.3 Å². The zero-order valence-corrected chi connectivity index (χ0v) is 6.10. The number of carbonyl (C=O) groups excluding carboxylic acids is 1. The van der Waals surface area contributed by atoms with Crippen molar-refractivity contribution >= 4 is 22.8 Å². The Kier molecular flexibility index (Phi) is 2.33. The predicted octanol–water partition coefficient (Wildman–Crippen LogP) is 0.252. The third kappa shape index (κ3) is 1.77. The van der Waals surface area contributed by atoms with Crippen LogP contribution < -0.4 is 5.73 Å². The molecule has 1 aromatic heterocycles. The molecule has 0 bridgehead atoms. The van der Waals surface area contributed by atoms with Crippen molar-refractivity contribution in [2.24, 2.45) is 0 Å². The van der Waals surface area contributed by atoms with Crippen LogP contribution in [0.3, 0.4) is 0 Å². The van der Waals surface area contributed by atoms with Crippen molar-refractivity contribution in [1.82, 2.24) is 10.2 Å². The average molecular weight is 157 g/mol. The second-order valence-corrected chi connectivity index (χ2v) is 2.83. The molecule has 0 aliphatic rings. The molecule has 0 amide bonds. The largest absolute Gasteiger partial charge is 0.374 e. The third-order valence-corrected chi connectivity index (χ3v) is 1.77. The van der Waals surface area contributed by atoms with Crippen LogP contribution in [-0.4, -0.2) is 16.5 Å². The lowest BCUT2D eigenvalue weighted by Gasteiger charge is -1.82. The highest BCUT2D eigenvalue weighted by molar-refractivity contribution is 7.15. The molecule has 1 heterocycles. The predicted molar refractivity (Wildman–Crippen MR) is 38.7 cm³/mol. The molecule has 1 aromatic rings. The fourth-order valence-electron chi connectivity index (χ4n) is 0.550. The van der Waals surface area contributed by atoms with Gasteiger partial charge in [0.1, 0.15) is 11.3 Å². The standard InChI is InChI=1S/C5H7N3OS/c6-5-8-7-4(10-5)2-1-3-9/h3H,1-2H2,(H2,6,8). The molecule has 10 heavy (non-hydrogen) atoms. The zero-order valence-electron chi connectivity index (χ0n) is 5.28. The number of anilines is 1. The maximum absolute atomic E-state index is 9.91. The van der Waals surface area contributed by atoms with Gasteiger partial charge >= 0.3 is 0 Å². The van der Waals surface area contributed by atoms with Crippen LogP contribution in [0, 0.1) is 0 Å². The van der Waals surface area contributed by atoms with Crippen LogP contribution in [0.1, 0.15) is 11.4 Å². The molecule has 5 heteroatoms. The van der Waals surface area contributed by atoms with E-state index in [2.05, 4.69) is 10.2 Å². The molecule has 0 fully saturated rings. The molecule has 4 nitrogen and oxygen atoms in total. The fraction of sp³-hybridized carbons (Fsp3) is 0.400. The van der Waals surface area contributed by atoms with Gasteiger partial charge in [0.05, 0.1) is 0 Å². The Morgan fingerprint density at radius 3 is 2.90 bits per heavy atom. The van der Waals surface area contributed by atoms with E-state index in [0.717, 1.165) is 11.3 Å². The van der Waals surface area contributed by atoms with E-state index < -0.39 is 0 Å². The van der Waals surface area contributed by atoms with Gasteiger partial charge in [-0.25, -0.2) is 0 Å². The highest BCUT2D eigenvalue weighted by atomic mass is 32.1. The number of aldehydes is 1. The number of aryl methyl sites for hydroxylation is 1. The summed E-state index contributed by atoms with van der Waals surface area (Å²) in [5, 5.41) is 8.62. The van der Waals surface area contributed by atoms with Crippen LogP contribution in [-0.2, 0) is 11.2 Å². The van der Waals surface area contributed by atoms with Crippen LogP contribution in [0.4, 0.5) is 5.13 Å². The van der Waals surface area contributed by atoms with Gasteiger partial charge in [-0.2, -0.15) is 0 Å². The maximum atomic E-state index is 9.91. The first kappa shape index (κ1) is 7.14. The highest BCUT2D eigenvalue weighted by Gasteiger charge is 1.98. The number of carbonyl (C=O) groups is 1. The number of rotatable bonds is 3. The van der Waals surface area contributed by atoms with Gasteiger partial charge in [0.15, 0.2) is 0 Å². The van der Waals surface area contributed by atoms with Crippen molar-refractivity contribution in [2.75, 3.05) is 5.73 Å². The summed E-state index contributed by atoms with van der Waals surface area (Å²) in [7, 11) is 0. The van der Waals surface area contributed by atoms with Gasteiger partial charge < -0.3 is 10.5 Å². The van der Waals surface area contributed by atoms with Gasteiger partial charge in [0.2, 0.25) is 5.13 Å². The zero-order chi connectivity index (χ0) is 7.40. The Balaban J connectivity index is 2.49. The Labute approximate surface area is 62.1 Å². The van der Waals surface area contributed by atoms with Crippen LogP contribution in [0.15, 0.2) is 0 Å². The molecule has 1 rings (SSSR count). The molecule has 54 valence electrons. The van der Waals surface area contributed by atoms with Crippen molar-refractivity contribution in [3.8, 4) is 0 Å². The summed E-state index contributed by atoms with van der Waals surface area (Å²) in [6.07, 6.45) is 2.00. The van der Waals surface area contributed by atoms with E-state index in [9.17, 15) is 4.79 Å². The van der Waals surface area contributed by atoms with Crippen molar-refractivity contribution in [1.29, 1.82) is 0 Å². The lowest BCUT2D eigenvalue weighted by molar-refractivity contribution is -0.107. The van der Waals surface area contributed by atoms with Crippen molar-refractivity contribution in [3.05, 3.63) is 5.01 Å². The van der Waals surface area contributed by atoms with Crippen LogP contribution in [0.5, 0.6) is 0 Å². The first-order chi connectivity index (χ1) is 4.83. The number of nitrogens with zero attached hydrogens (tertiary/aromatic N) is 2. The van der Waals surface area contributed by atoms with Gasteiger partial charge in [-0.05, 0) is 0 Å². The van der Waals surface area contributed by atoms with Gasteiger partial charge in [-0.3, -0.25) is 0 Å². The van der Waals surface area contributed by atoms with E-state index >= 15 is 0 Å². The first-order valence-electron chi connectivity index (χ1n) is 2.84. The van der Waals surface area contributed by atoms with E-state index in [0.29, 0.717) is 18.0 Å². The molecule has 0 atom stereocenters. The van der Waals surface area contributed by atoms with Gasteiger partial charge in [0, 0.05) is 12.8 Å². The molecule has 0 saturated carbocycles. The second-order valence-electron chi connectivity index (χ2n) is 1.74. The average Bonchev–Trinajstić information content (AvgIpc) is 2.31. The summed E-state index contributed by atoms with van der Waals surface area (Å²) >= 11 is 1.32. The van der Waals surface area contributed by atoms with Crippen molar-refractivity contribution in [3.63, 3.8) is 0 Å². The molecule has 0 aromatic carbocycles. The summed E-state index contributed by atoms with van der Waals surface area (Å²) in [5.74, 6) is 0. The molecule has 0 radical (unpaired) electrons. The number of nitrogens with two attached hydrogens (primary N) is 1. The molecule has 0 unspecified atom stereocenters. The van der Waals surface area contributed by atoms with Crippen LogP contribution in [0.2, 0.25) is 0 Å². The SMILES string of the molecule is Nc1nnc(CCC=O)s1. The summed E-state index contributed by atoms with van der Waals surface area (Å²) in [5.41, 5.74) is 5.31. The number of hydrogen-bond donors (Lipinski definition) is 1. The third-order valence-electron chi connectivity index (χ3n) is 0.959. The Bertz CT molecular complexity index is 222. The molecule has 0 aliphatic carbocycles. The molecule has 2 N–H and O–H groups in total. The van der Waals surface area contributed by atoms with E-state index in [1.807, 2.05) is 0 Å². The summed E-state index contributed by atoms with van der Waals surface area (Å²) in [6.45, 7) is 0. The van der Waals surface area contributed by atoms with Gasteiger partial charge in [0.25, 0.3) is 0 Å². The van der Waals surface area contributed by atoms with Gasteiger partial charge in [-0.15, -0.1) is 10.2 Å². The lowest BCUT2D eigenvalue weighted by Crippen LogP contribution is -1.84. The Hall–Kier alpha value is -0.970. The second kappa shape index (κ2) is 3.26. The lowest BCUT2D eigenvalue weighted by atomic mass is 10.3. The number of aromatic nitrogens is 2. The van der Waals surface area contributed by atoms with E-state index in [4.69, 9.17) is 5.73 Å². The van der Waals surface area contributed by atoms with E-state index in [1.54, 1.807) is 0 Å². The molecular formula is C5H7N3OS. The van der Waals surface area contributed by atoms with E-state index in [1.165, 1.54) is 11.3 Å². The quantitative estimate of drug-likeness (QED) is 0.638. The molecule has 0 saturated heterocycles. The maximum Gasteiger partial charge on any atom is 0.203 e. The summed E-state index contributed by atoms with van der Waals surface area (Å²) in [6, 6.07) is 0. The number of hydrogen-bond acceptors (Lipinski definition) is 5. The van der Waals surface area contributed by atoms with Crippen LogP contribution in [0.25, 0.3) is 0 Å². The van der Waals surface area contributed by atoms with E-state index in [-0.39, 0.29) is 0 Å². The molecular weight excluding hydrogens is 150 g/mol. The monoisotopic (exact) mass is 157 g/mol. The van der Waals surface area contributed by atoms with Crippen molar-refractivity contribution in [2.45, 2.75) is 12.8 Å². The molecule has 0 spiro atoms. The molecule has 0 aliphatic heterocycles. The minimum absolute atomic E-state index is 0.459. The first-order valence-corrected chi connectivity index (χ1v) is 3.66. The van der Waals surface area contributed by atoms with Crippen molar-refractivity contribution < 1.29 is 4.79 Å². The van der Waals surface area contributed by atoms with Gasteiger partial charge in [-0.1, -0.05) is 11.3 Å². The highest BCUT2D eigenvalue weighted by Crippen LogP contribution is 2.11. The Morgan fingerprint density at radius 1 is 1.60 bits per heavy atom. The Morgan fingerprint density at radius 2 is 2.40 bits per heavy atom. The smallest absolute Gasteiger partial charge is 0.203 e. The minimum Gasteiger partial charge on any atom is -0.374 e. The fourth-order valence-corrected chi connectivity index (χ4v) is 1.17. The topological polar surface area (TPSA) is 68.9 Å². The summed E-state index contributed by atoms with van der Waals surface area (Å²) in [4.78, 5) is 9.91. The normalized spacial score (nSPS) is 9.60.